The molecular weight excluding hydrogens is 360 g/mol. The molecule has 1 aromatic carbocycles. The van der Waals surface area contributed by atoms with E-state index in [2.05, 4.69) is 27.2 Å². The zero-order chi connectivity index (χ0) is 18.2. The lowest BCUT2D eigenvalue weighted by Gasteiger charge is -2.38. The Balaban J connectivity index is 1.19. The Kier molecular flexibility index (Phi) is 4.26. The van der Waals surface area contributed by atoms with Crippen molar-refractivity contribution >= 4 is 22.9 Å². The minimum absolute atomic E-state index is 0.172. The SMILES string of the molecule is O=C(CN1CC(c2nc(-c3cccs3)no2)C1)N1CCCc2ccccc21. The molecule has 7 heteroatoms. The molecule has 5 rings (SSSR count). The third-order valence-corrected chi connectivity index (χ3v) is 6.13. The van der Waals surface area contributed by atoms with Gasteiger partial charge in [-0.1, -0.05) is 29.4 Å². The second-order valence-electron chi connectivity index (χ2n) is 7.10. The quantitative estimate of drug-likeness (QED) is 0.696. The summed E-state index contributed by atoms with van der Waals surface area (Å²) in [6.45, 7) is 2.82. The van der Waals surface area contributed by atoms with Crippen molar-refractivity contribution in [1.82, 2.24) is 15.0 Å². The molecule has 0 atom stereocenters. The molecule has 0 unspecified atom stereocenters. The van der Waals surface area contributed by atoms with Crippen LogP contribution in [0.15, 0.2) is 46.3 Å². The molecule has 2 aliphatic rings. The van der Waals surface area contributed by atoms with E-state index in [4.69, 9.17) is 4.52 Å². The van der Waals surface area contributed by atoms with Crippen LogP contribution >= 0.6 is 11.3 Å². The number of likely N-dealkylation sites (tertiary alicyclic amines) is 1. The van der Waals surface area contributed by atoms with Crippen molar-refractivity contribution < 1.29 is 9.32 Å². The second-order valence-corrected chi connectivity index (χ2v) is 8.05. The maximum absolute atomic E-state index is 12.8. The summed E-state index contributed by atoms with van der Waals surface area (Å²) in [4.78, 5) is 22.4. The smallest absolute Gasteiger partial charge is 0.241 e. The molecule has 27 heavy (non-hydrogen) atoms. The van der Waals surface area contributed by atoms with Crippen molar-refractivity contribution in [3.8, 4) is 10.7 Å². The monoisotopic (exact) mass is 380 g/mol. The van der Waals surface area contributed by atoms with Gasteiger partial charge in [-0.15, -0.1) is 11.3 Å². The summed E-state index contributed by atoms with van der Waals surface area (Å²) in [7, 11) is 0. The normalized spacial score (nSPS) is 17.6. The van der Waals surface area contributed by atoms with Crippen LogP contribution < -0.4 is 4.90 Å². The lowest BCUT2D eigenvalue weighted by Crippen LogP contribution is -2.51. The molecule has 0 radical (unpaired) electrons. The van der Waals surface area contributed by atoms with Crippen molar-refractivity contribution in [2.45, 2.75) is 18.8 Å². The molecule has 0 N–H and O–H groups in total. The number of aryl methyl sites for hydroxylation is 1. The van der Waals surface area contributed by atoms with Crippen molar-refractivity contribution in [2.75, 3.05) is 31.1 Å². The van der Waals surface area contributed by atoms with E-state index in [9.17, 15) is 4.79 Å². The van der Waals surface area contributed by atoms with Crippen LogP contribution in [0.25, 0.3) is 10.7 Å². The van der Waals surface area contributed by atoms with Crippen LogP contribution in [0, 0.1) is 0 Å². The number of aromatic nitrogens is 2. The van der Waals surface area contributed by atoms with Crippen molar-refractivity contribution in [1.29, 1.82) is 0 Å². The summed E-state index contributed by atoms with van der Waals surface area (Å²) in [5.41, 5.74) is 2.34. The van der Waals surface area contributed by atoms with Gasteiger partial charge in [-0.3, -0.25) is 9.69 Å². The summed E-state index contributed by atoms with van der Waals surface area (Å²) >= 11 is 1.60. The number of amides is 1. The maximum Gasteiger partial charge on any atom is 0.241 e. The van der Waals surface area contributed by atoms with Crippen molar-refractivity contribution in [3.63, 3.8) is 0 Å². The van der Waals surface area contributed by atoms with Crippen LogP contribution in [0.2, 0.25) is 0 Å². The highest BCUT2D eigenvalue weighted by molar-refractivity contribution is 7.13. The molecule has 0 spiro atoms. The number of carbonyl (C=O) groups is 1. The largest absolute Gasteiger partial charge is 0.339 e. The number of nitrogens with zero attached hydrogens (tertiary/aromatic N) is 4. The minimum atomic E-state index is 0.172. The molecule has 1 saturated heterocycles. The molecule has 2 aliphatic heterocycles. The number of hydrogen-bond donors (Lipinski definition) is 0. The Morgan fingerprint density at radius 2 is 2.11 bits per heavy atom. The van der Waals surface area contributed by atoms with Gasteiger partial charge >= 0.3 is 0 Å². The van der Waals surface area contributed by atoms with Gasteiger partial charge in [0.2, 0.25) is 17.6 Å². The average molecular weight is 380 g/mol. The van der Waals surface area contributed by atoms with Gasteiger partial charge < -0.3 is 9.42 Å². The van der Waals surface area contributed by atoms with Crippen LogP contribution in [0.3, 0.4) is 0 Å². The van der Waals surface area contributed by atoms with Gasteiger partial charge in [0, 0.05) is 25.3 Å². The fourth-order valence-corrected chi connectivity index (χ4v) is 4.48. The number of fused-ring (bicyclic) bond motifs is 1. The van der Waals surface area contributed by atoms with E-state index in [0.29, 0.717) is 18.3 Å². The van der Waals surface area contributed by atoms with Gasteiger partial charge in [-0.2, -0.15) is 4.98 Å². The van der Waals surface area contributed by atoms with E-state index >= 15 is 0 Å². The summed E-state index contributed by atoms with van der Waals surface area (Å²) in [6, 6.07) is 12.2. The van der Waals surface area contributed by atoms with Gasteiger partial charge in [-0.05, 0) is 35.9 Å². The summed E-state index contributed by atoms with van der Waals surface area (Å²) < 4.78 is 5.43. The molecule has 6 nitrogen and oxygen atoms in total. The van der Waals surface area contributed by atoms with E-state index in [0.717, 1.165) is 43.0 Å². The summed E-state index contributed by atoms with van der Waals surface area (Å²) in [5, 5.41) is 6.08. The number of carbonyl (C=O) groups excluding carboxylic acids is 1. The molecule has 0 aliphatic carbocycles. The zero-order valence-corrected chi connectivity index (χ0v) is 15.7. The zero-order valence-electron chi connectivity index (χ0n) is 14.9. The molecule has 4 heterocycles. The lowest BCUT2D eigenvalue weighted by molar-refractivity contribution is -0.121. The van der Waals surface area contributed by atoms with Gasteiger partial charge in [-0.25, -0.2) is 0 Å². The first-order chi connectivity index (χ1) is 13.3. The third kappa shape index (κ3) is 3.17. The highest BCUT2D eigenvalue weighted by atomic mass is 32.1. The fourth-order valence-electron chi connectivity index (χ4n) is 3.83. The molecule has 1 fully saturated rings. The van der Waals surface area contributed by atoms with Gasteiger partial charge in [0.15, 0.2) is 0 Å². The first kappa shape index (κ1) is 16.6. The Morgan fingerprint density at radius 1 is 1.22 bits per heavy atom. The minimum Gasteiger partial charge on any atom is -0.339 e. The number of benzene rings is 1. The van der Waals surface area contributed by atoms with E-state index < -0.39 is 0 Å². The predicted molar refractivity (Wildman–Crippen MR) is 104 cm³/mol. The molecule has 1 amide bonds. The standard InChI is InChI=1S/C20H20N4O2S/c25-18(24-9-3-6-14-5-1-2-7-16(14)24)13-23-11-15(12-23)20-21-19(22-26-20)17-8-4-10-27-17/h1-2,4-5,7-8,10,15H,3,6,9,11-13H2. The van der Waals surface area contributed by atoms with Crippen LogP contribution in [0.5, 0.6) is 0 Å². The second kappa shape index (κ2) is 6.90. The molecule has 2 aromatic heterocycles. The van der Waals surface area contributed by atoms with Gasteiger partial charge in [0.25, 0.3) is 0 Å². The average Bonchev–Trinajstić information content (AvgIpc) is 3.35. The third-order valence-electron chi connectivity index (χ3n) is 5.26. The number of thiophene rings is 1. The van der Waals surface area contributed by atoms with Crippen LogP contribution in [-0.2, 0) is 11.2 Å². The molecule has 3 aromatic rings. The van der Waals surface area contributed by atoms with Crippen molar-refractivity contribution in [3.05, 3.63) is 53.2 Å². The predicted octanol–water partition coefficient (Wildman–Crippen LogP) is 3.18. The van der Waals surface area contributed by atoms with Gasteiger partial charge in [0.05, 0.1) is 17.3 Å². The highest BCUT2D eigenvalue weighted by Gasteiger charge is 2.35. The van der Waals surface area contributed by atoms with Crippen molar-refractivity contribution in [2.24, 2.45) is 0 Å². The Hall–Kier alpha value is -2.51. The Labute approximate surface area is 161 Å². The number of anilines is 1. The number of hydrogen-bond acceptors (Lipinski definition) is 6. The molecular formula is C20H20N4O2S. The maximum atomic E-state index is 12.8. The Bertz CT molecular complexity index is 947. The summed E-state index contributed by atoms with van der Waals surface area (Å²) in [6.07, 6.45) is 2.08. The first-order valence-corrected chi connectivity index (χ1v) is 10.1. The van der Waals surface area contributed by atoms with E-state index in [1.165, 1.54) is 5.56 Å². The van der Waals surface area contributed by atoms with Gasteiger partial charge in [0.1, 0.15) is 0 Å². The van der Waals surface area contributed by atoms with Crippen LogP contribution in [-0.4, -0.2) is 47.1 Å². The highest BCUT2D eigenvalue weighted by Crippen LogP contribution is 2.30. The van der Waals surface area contributed by atoms with E-state index in [-0.39, 0.29) is 11.8 Å². The lowest BCUT2D eigenvalue weighted by atomic mass is 9.99. The van der Waals surface area contributed by atoms with E-state index in [1.807, 2.05) is 34.5 Å². The molecule has 0 bridgehead atoms. The van der Waals surface area contributed by atoms with Crippen LogP contribution in [0.4, 0.5) is 5.69 Å². The molecule has 138 valence electrons. The van der Waals surface area contributed by atoms with E-state index in [1.54, 1.807) is 11.3 Å². The number of para-hydroxylation sites is 1. The Morgan fingerprint density at radius 3 is 2.96 bits per heavy atom. The first-order valence-electron chi connectivity index (χ1n) is 9.26. The van der Waals surface area contributed by atoms with Crippen LogP contribution in [0.1, 0.15) is 23.8 Å². The molecule has 0 saturated carbocycles. The fraction of sp³-hybridized carbons (Fsp3) is 0.350. The summed E-state index contributed by atoms with van der Waals surface area (Å²) in [5.74, 6) is 1.71. The number of rotatable bonds is 4. The topological polar surface area (TPSA) is 62.5 Å².